The summed E-state index contributed by atoms with van der Waals surface area (Å²) >= 11 is 0. The molecule has 0 aliphatic carbocycles. The lowest BCUT2D eigenvalue weighted by molar-refractivity contribution is -0.173. The summed E-state index contributed by atoms with van der Waals surface area (Å²) in [5.41, 5.74) is 4.51. The van der Waals surface area contributed by atoms with Crippen LogP contribution in [0.15, 0.2) is 11.0 Å². The number of halogens is 3. The fourth-order valence-corrected chi connectivity index (χ4v) is 2.96. The maximum absolute atomic E-state index is 12.4. The van der Waals surface area contributed by atoms with E-state index in [0.717, 1.165) is 10.8 Å². The van der Waals surface area contributed by atoms with Gasteiger partial charge in [0.05, 0.1) is 12.0 Å². The lowest BCUT2D eigenvalue weighted by Crippen LogP contribution is -2.36. The number of aliphatic hydroxyl groups excluding tert-OH is 3. The number of hydrogen-bond donors (Lipinski definition) is 6. The smallest absolute Gasteiger partial charge is 0.394 e. The highest BCUT2D eigenvalue weighted by molar-refractivity contribution is 5.84. The number of carbonyl (C=O) groups is 1. The molecule has 3 heterocycles. The van der Waals surface area contributed by atoms with Crippen LogP contribution in [0.5, 0.6) is 0 Å². The molecule has 1 fully saturated rings. The highest BCUT2D eigenvalue weighted by Gasteiger charge is 2.44. The minimum absolute atomic E-state index is 0.0564. The van der Waals surface area contributed by atoms with Gasteiger partial charge in [0.15, 0.2) is 11.9 Å². The van der Waals surface area contributed by atoms with Crippen LogP contribution < -0.4 is 16.6 Å². The average Bonchev–Trinajstić information content (AvgIpc) is 3.10. The van der Waals surface area contributed by atoms with Gasteiger partial charge in [-0.05, 0) is 0 Å². The summed E-state index contributed by atoms with van der Waals surface area (Å²) in [6, 6.07) is 0. The van der Waals surface area contributed by atoms with Crippen LogP contribution in [0.3, 0.4) is 0 Å². The van der Waals surface area contributed by atoms with Crippen molar-refractivity contribution in [3.63, 3.8) is 0 Å². The molecule has 14 heteroatoms. The number of rotatable bonds is 4. The summed E-state index contributed by atoms with van der Waals surface area (Å²) in [5.74, 6) is -2.52. The van der Waals surface area contributed by atoms with Crippen LogP contribution in [-0.2, 0) is 16.1 Å². The van der Waals surface area contributed by atoms with Gasteiger partial charge < -0.3 is 35.7 Å². The van der Waals surface area contributed by atoms with Gasteiger partial charge >= 0.3 is 12.1 Å². The number of nitrogen functional groups attached to an aromatic ring is 1. The molecule has 0 saturated carbocycles. The normalized spacial score (nSPS) is 25.4. The van der Waals surface area contributed by atoms with Crippen molar-refractivity contribution < 1.29 is 38.0 Å². The highest BCUT2D eigenvalue weighted by atomic mass is 19.4. The van der Waals surface area contributed by atoms with Crippen molar-refractivity contribution in [1.29, 1.82) is 0 Å². The second-order valence-corrected chi connectivity index (χ2v) is 6.12. The minimum Gasteiger partial charge on any atom is -0.394 e. The molecule has 2 aromatic heterocycles. The molecule has 1 aliphatic rings. The maximum atomic E-state index is 12.4. The minimum atomic E-state index is -5.11. The monoisotopic (exact) mass is 407 g/mol. The van der Waals surface area contributed by atoms with Crippen LogP contribution in [-0.4, -0.2) is 66.9 Å². The standard InChI is InChI=1S/C14H16F3N5O6/c15-14(16,17)12(27)19-1-4-2-22(9-6(4)10(26)21-13(18)20-9)11-8(25)7(24)5(3-23)28-11/h2,5,7-8,11,23-25H,1,3H2,(H,19,27)(H3,18,20,21,26). The van der Waals surface area contributed by atoms with Gasteiger partial charge in [0.2, 0.25) is 5.95 Å². The van der Waals surface area contributed by atoms with Gasteiger partial charge in [0.25, 0.3) is 5.56 Å². The molecule has 0 bridgehead atoms. The van der Waals surface area contributed by atoms with Crippen molar-refractivity contribution in [1.82, 2.24) is 19.9 Å². The van der Waals surface area contributed by atoms with Crippen LogP contribution >= 0.6 is 0 Å². The van der Waals surface area contributed by atoms with Crippen molar-refractivity contribution >= 4 is 22.9 Å². The Balaban J connectivity index is 2.05. The molecule has 1 aliphatic heterocycles. The molecule has 3 rings (SSSR count). The van der Waals surface area contributed by atoms with Gasteiger partial charge in [0.1, 0.15) is 18.3 Å². The number of hydrogen-bond acceptors (Lipinski definition) is 8. The van der Waals surface area contributed by atoms with Crippen molar-refractivity contribution in [3.8, 4) is 0 Å². The molecular weight excluding hydrogens is 391 g/mol. The average molecular weight is 407 g/mol. The van der Waals surface area contributed by atoms with E-state index in [1.54, 1.807) is 5.32 Å². The van der Waals surface area contributed by atoms with Gasteiger partial charge in [0, 0.05) is 18.3 Å². The Kier molecular flexibility index (Phi) is 5.05. The Morgan fingerprint density at radius 2 is 2.07 bits per heavy atom. The predicted molar refractivity (Wildman–Crippen MR) is 85.7 cm³/mol. The number of ether oxygens (including phenoxy) is 1. The maximum Gasteiger partial charge on any atom is 0.471 e. The van der Waals surface area contributed by atoms with Crippen LogP contribution in [0.25, 0.3) is 11.0 Å². The number of nitrogens with zero attached hydrogens (tertiary/aromatic N) is 2. The van der Waals surface area contributed by atoms with Crippen LogP contribution in [0.4, 0.5) is 19.1 Å². The number of alkyl halides is 3. The molecule has 4 unspecified atom stereocenters. The number of nitrogens with two attached hydrogens (primary N) is 1. The summed E-state index contributed by atoms with van der Waals surface area (Å²) < 4.78 is 43.7. The van der Waals surface area contributed by atoms with Gasteiger partial charge in [-0.2, -0.15) is 18.2 Å². The zero-order valence-corrected chi connectivity index (χ0v) is 14.0. The lowest BCUT2D eigenvalue weighted by atomic mass is 10.1. The van der Waals surface area contributed by atoms with Gasteiger partial charge in [-0.3, -0.25) is 14.6 Å². The number of aromatic nitrogens is 3. The first-order chi connectivity index (χ1) is 13.0. The number of anilines is 1. The van der Waals surface area contributed by atoms with E-state index in [1.165, 1.54) is 0 Å². The van der Waals surface area contributed by atoms with Crippen molar-refractivity contribution in [2.75, 3.05) is 12.3 Å². The number of H-pyrrole nitrogens is 1. The van der Waals surface area contributed by atoms with E-state index in [-0.39, 0.29) is 22.5 Å². The summed E-state index contributed by atoms with van der Waals surface area (Å²) in [4.78, 5) is 29.4. The summed E-state index contributed by atoms with van der Waals surface area (Å²) in [5, 5.41) is 30.7. The first-order valence-corrected chi connectivity index (χ1v) is 7.91. The SMILES string of the molecule is Nc1nc2c(c(CNC(=O)C(F)(F)F)cn2C2OC(CO)C(O)C2O)c(=O)[nH]1. The molecular formula is C14H16F3N5O6. The Labute approximate surface area is 153 Å². The highest BCUT2D eigenvalue weighted by Crippen LogP contribution is 2.32. The van der Waals surface area contributed by atoms with E-state index in [1.807, 2.05) is 0 Å². The molecule has 28 heavy (non-hydrogen) atoms. The largest absolute Gasteiger partial charge is 0.471 e. The summed E-state index contributed by atoms with van der Waals surface area (Å²) in [6.45, 7) is -1.29. The molecule has 1 amide bonds. The molecule has 0 radical (unpaired) electrons. The Morgan fingerprint density at radius 3 is 2.64 bits per heavy atom. The molecule has 1 saturated heterocycles. The molecule has 7 N–H and O–H groups in total. The third-order valence-electron chi connectivity index (χ3n) is 4.27. The van der Waals surface area contributed by atoms with Gasteiger partial charge in [-0.15, -0.1) is 0 Å². The van der Waals surface area contributed by atoms with Crippen molar-refractivity contribution in [3.05, 3.63) is 22.1 Å². The van der Waals surface area contributed by atoms with Crippen LogP contribution in [0.2, 0.25) is 0 Å². The fourth-order valence-electron chi connectivity index (χ4n) is 2.96. The van der Waals surface area contributed by atoms with E-state index < -0.39 is 55.3 Å². The van der Waals surface area contributed by atoms with E-state index in [4.69, 9.17) is 10.5 Å². The zero-order chi connectivity index (χ0) is 20.8. The number of aliphatic hydroxyl groups is 3. The van der Waals surface area contributed by atoms with Crippen LogP contribution in [0.1, 0.15) is 11.8 Å². The second kappa shape index (κ2) is 7.05. The zero-order valence-electron chi connectivity index (χ0n) is 14.0. The molecule has 4 atom stereocenters. The fraction of sp³-hybridized carbons (Fsp3) is 0.500. The van der Waals surface area contributed by atoms with E-state index in [2.05, 4.69) is 9.97 Å². The number of amides is 1. The quantitative estimate of drug-likeness (QED) is 0.340. The molecule has 2 aromatic rings. The topological polar surface area (TPSA) is 176 Å². The van der Waals surface area contributed by atoms with E-state index >= 15 is 0 Å². The van der Waals surface area contributed by atoms with Gasteiger partial charge in [-0.1, -0.05) is 0 Å². The lowest BCUT2D eigenvalue weighted by Gasteiger charge is -2.17. The Bertz CT molecular complexity index is 957. The molecule has 0 spiro atoms. The number of fused-ring (bicyclic) bond motifs is 1. The van der Waals surface area contributed by atoms with E-state index in [0.29, 0.717) is 0 Å². The van der Waals surface area contributed by atoms with Crippen molar-refractivity contribution in [2.45, 2.75) is 37.3 Å². The number of carbonyl (C=O) groups excluding carboxylic acids is 1. The summed E-state index contributed by atoms with van der Waals surface area (Å²) in [7, 11) is 0. The number of aromatic amines is 1. The molecule has 0 aromatic carbocycles. The third kappa shape index (κ3) is 3.42. The van der Waals surface area contributed by atoms with E-state index in [9.17, 15) is 38.1 Å². The predicted octanol–water partition coefficient (Wildman–Crippen LogP) is -1.90. The second-order valence-electron chi connectivity index (χ2n) is 6.12. The molecule has 11 nitrogen and oxygen atoms in total. The Morgan fingerprint density at radius 1 is 1.39 bits per heavy atom. The summed E-state index contributed by atoms with van der Waals surface area (Å²) in [6.07, 6.45) is -9.41. The van der Waals surface area contributed by atoms with Gasteiger partial charge in [-0.25, -0.2) is 0 Å². The first-order valence-electron chi connectivity index (χ1n) is 7.91. The van der Waals surface area contributed by atoms with Crippen LogP contribution in [0, 0.1) is 0 Å². The number of nitrogens with one attached hydrogen (secondary N) is 2. The molecule has 154 valence electrons. The van der Waals surface area contributed by atoms with Crippen molar-refractivity contribution in [2.24, 2.45) is 0 Å². The Hall–Kier alpha value is -2.68. The third-order valence-corrected chi connectivity index (χ3v) is 4.27. The first kappa shape index (κ1) is 20.1.